The first-order valence-corrected chi connectivity index (χ1v) is 10.6. The molecule has 0 aliphatic carbocycles. The summed E-state index contributed by atoms with van der Waals surface area (Å²) in [6, 6.07) is 15.4. The second-order valence-electron chi connectivity index (χ2n) is 7.38. The van der Waals surface area contributed by atoms with Crippen LogP contribution in [-0.2, 0) is 0 Å². The fourth-order valence-corrected chi connectivity index (χ4v) is 3.64. The number of nitrogens with zero attached hydrogens (tertiary/aromatic N) is 4. The van der Waals surface area contributed by atoms with Gasteiger partial charge < -0.3 is 15.4 Å². The van der Waals surface area contributed by atoms with Gasteiger partial charge in [-0.05, 0) is 43.7 Å². The van der Waals surface area contributed by atoms with E-state index in [4.69, 9.17) is 4.74 Å². The molecule has 0 spiro atoms. The average Bonchev–Trinajstić information content (AvgIpc) is 3.14. The normalized spacial score (nSPS) is 10.8. The third-order valence-electron chi connectivity index (χ3n) is 5.01. The summed E-state index contributed by atoms with van der Waals surface area (Å²) in [5.41, 5.74) is 2.48. The van der Waals surface area contributed by atoms with Gasteiger partial charge >= 0.3 is 0 Å². The van der Waals surface area contributed by atoms with Gasteiger partial charge in [-0.25, -0.2) is 14.6 Å². The van der Waals surface area contributed by atoms with Crippen molar-refractivity contribution in [3.63, 3.8) is 0 Å². The van der Waals surface area contributed by atoms with Gasteiger partial charge in [0.1, 0.15) is 17.9 Å². The lowest BCUT2D eigenvalue weighted by Gasteiger charge is -2.14. The molecule has 0 unspecified atom stereocenters. The molecule has 0 bridgehead atoms. The summed E-state index contributed by atoms with van der Waals surface area (Å²) < 4.78 is 7.48. The number of hydrogen-bond acceptors (Lipinski definition) is 6. The lowest BCUT2D eigenvalue weighted by molar-refractivity contribution is 0.0953. The number of amides is 1. The molecule has 0 aliphatic rings. The summed E-state index contributed by atoms with van der Waals surface area (Å²) in [4.78, 5) is 21.5. The van der Waals surface area contributed by atoms with E-state index in [0.29, 0.717) is 42.6 Å². The van der Waals surface area contributed by atoms with Crippen molar-refractivity contribution in [1.82, 2.24) is 25.1 Å². The van der Waals surface area contributed by atoms with Crippen molar-refractivity contribution in [2.45, 2.75) is 20.8 Å². The van der Waals surface area contributed by atoms with E-state index in [-0.39, 0.29) is 5.91 Å². The summed E-state index contributed by atoms with van der Waals surface area (Å²) in [5, 5.41) is 12.5. The Kier molecular flexibility index (Phi) is 6.30. The zero-order chi connectivity index (χ0) is 22.5. The highest BCUT2D eigenvalue weighted by Crippen LogP contribution is 2.28. The van der Waals surface area contributed by atoms with Gasteiger partial charge in [-0.3, -0.25) is 4.79 Å². The molecule has 2 heterocycles. The number of rotatable bonds is 8. The number of nitrogens with one attached hydrogen (secondary N) is 2. The smallest absolute Gasteiger partial charge is 0.255 e. The average molecular weight is 431 g/mol. The minimum atomic E-state index is -0.168. The van der Waals surface area contributed by atoms with Crippen LogP contribution in [0.15, 0.2) is 54.9 Å². The van der Waals surface area contributed by atoms with E-state index >= 15 is 0 Å². The molecule has 8 nitrogen and oxygen atoms in total. The molecule has 0 saturated carbocycles. The number of anilines is 1. The summed E-state index contributed by atoms with van der Waals surface area (Å²) in [7, 11) is 0. The van der Waals surface area contributed by atoms with E-state index in [1.54, 1.807) is 4.68 Å². The number of aromatic nitrogens is 4. The van der Waals surface area contributed by atoms with Crippen LogP contribution in [0, 0.1) is 13.8 Å². The molecule has 0 saturated heterocycles. The molecule has 8 heteroatoms. The van der Waals surface area contributed by atoms with Crippen LogP contribution in [0.4, 0.5) is 5.82 Å². The van der Waals surface area contributed by atoms with Crippen LogP contribution in [0.3, 0.4) is 0 Å². The van der Waals surface area contributed by atoms with Crippen LogP contribution in [0.2, 0.25) is 0 Å². The summed E-state index contributed by atoms with van der Waals surface area (Å²) >= 11 is 0. The summed E-state index contributed by atoms with van der Waals surface area (Å²) in [6.45, 7) is 7.25. The lowest BCUT2D eigenvalue weighted by atomic mass is 10.0. The fraction of sp³-hybridized carbons (Fsp3) is 0.250. The topological polar surface area (TPSA) is 94.0 Å². The molecule has 2 aromatic carbocycles. The number of aryl methyl sites for hydroxylation is 2. The van der Waals surface area contributed by atoms with Gasteiger partial charge in [-0.2, -0.15) is 5.10 Å². The van der Waals surface area contributed by atoms with Gasteiger partial charge in [0.05, 0.1) is 17.9 Å². The van der Waals surface area contributed by atoms with E-state index < -0.39 is 0 Å². The Labute approximate surface area is 186 Å². The van der Waals surface area contributed by atoms with Crippen molar-refractivity contribution in [1.29, 1.82) is 0 Å². The Morgan fingerprint density at radius 2 is 1.91 bits per heavy atom. The molecule has 2 N–H and O–H groups in total. The van der Waals surface area contributed by atoms with Crippen molar-refractivity contribution in [2.75, 3.05) is 25.0 Å². The Balaban J connectivity index is 1.42. The quantitative estimate of drug-likeness (QED) is 0.414. The maximum absolute atomic E-state index is 13.0. The molecular formula is C24H26N6O2. The monoisotopic (exact) mass is 430 g/mol. The highest BCUT2D eigenvalue weighted by Gasteiger charge is 2.16. The molecular weight excluding hydrogens is 404 g/mol. The minimum absolute atomic E-state index is 0.168. The summed E-state index contributed by atoms with van der Waals surface area (Å²) in [5.74, 6) is 1.77. The number of hydrogen-bond donors (Lipinski definition) is 2. The Bertz CT molecular complexity index is 1250. The maximum Gasteiger partial charge on any atom is 0.255 e. The molecule has 0 fully saturated rings. The van der Waals surface area contributed by atoms with Gasteiger partial charge in [-0.15, -0.1) is 0 Å². The minimum Gasteiger partial charge on any atom is -0.493 e. The number of carbonyl (C=O) groups excluding carboxylic acids is 1. The van der Waals surface area contributed by atoms with Crippen molar-refractivity contribution in [2.24, 2.45) is 0 Å². The van der Waals surface area contributed by atoms with Gasteiger partial charge in [0, 0.05) is 24.8 Å². The zero-order valence-corrected chi connectivity index (χ0v) is 18.4. The van der Waals surface area contributed by atoms with Crippen molar-refractivity contribution >= 4 is 22.5 Å². The first-order valence-electron chi connectivity index (χ1n) is 10.6. The Morgan fingerprint density at radius 3 is 2.69 bits per heavy atom. The van der Waals surface area contributed by atoms with Gasteiger partial charge in [-0.1, -0.05) is 30.3 Å². The van der Waals surface area contributed by atoms with Crippen LogP contribution in [0.5, 0.6) is 5.75 Å². The first kappa shape index (κ1) is 21.3. The molecule has 0 aliphatic heterocycles. The molecule has 164 valence electrons. The predicted molar refractivity (Wildman–Crippen MR) is 125 cm³/mol. The molecule has 4 rings (SSSR count). The van der Waals surface area contributed by atoms with E-state index in [1.165, 1.54) is 6.33 Å². The SMILES string of the molecule is CCOc1ccc2ccccc2c1C(=O)NCCNc1cc(-n2nc(C)cc2C)ncn1. The molecule has 4 aromatic rings. The maximum atomic E-state index is 13.0. The molecule has 0 radical (unpaired) electrons. The number of ether oxygens (including phenoxy) is 1. The van der Waals surface area contributed by atoms with Crippen LogP contribution < -0.4 is 15.4 Å². The van der Waals surface area contributed by atoms with E-state index in [1.807, 2.05) is 69.3 Å². The second-order valence-corrected chi connectivity index (χ2v) is 7.38. The van der Waals surface area contributed by atoms with E-state index in [0.717, 1.165) is 22.2 Å². The van der Waals surface area contributed by atoms with Gasteiger partial charge in [0.25, 0.3) is 5.91 Å². The molecule has 2 aromatic heterocycles. The van der Waals surface area contributed by atoms with Gasteiger partial charge in [0.15, 0.2) is 5.82 Å². The van der Waals surface area contributed by atoms with Crippen LogP contribution in [0.1, 0.15) is 28.7 Å². The zero-order valence-electron chi connectivity index (χ0n) is 18.4. The predicted octanol–water partition coefficient (Wildman–Crippen LogP) is 3.67. The van der Waals surface area contributed by atoms with E-state index in [2.05, 4.69) is 25.7 Å². The number of carbonyl (C=O) groups is 1. The van der Waals surface area contributed by atoms with E-state index in [9.17, 15) is 4.79 Å². The van der Waals surface area contributed by atoms with Crippen LogP contribution in [0.25, 0.3) is 16.6 Å². The lowest BCUT2D eigenvalue weighted by Crippen LogP contribution is -2.29. The molecule has 1 amide bonds. The third-order valence-corrected chi connectivity index (χ3v) is 5.01. The van der Waals surface area contributed by atoms with Crippen LogP contribution in [-0.4, -0.2) is 45.4 Å². The number of benzene rings is 2. The summed E-state index contributed by atoms with van der Waals surface area (Å²) in [6.07, 6.45) is 1.50. The largest absolute Gasteiger partial charge is 0.493 e. The van der Waals surface area contributed by atoms with Crippen molar-refractivity contribution < 1.29 is 9.53 Å². The Hall–Kier alpha value is -3.94. The molecule has 0 atom stereocenters. The highest BCUT2D eigenvalue weighted by atomic mass is 16.5. The Morgan fingerprint density at radius 1 is 1.06 bits per heavy atom. The van der Waals surface area contributed by atoms with Crippen molar-refractivity contribution in [3.05, 3.63) is 71.8 Å². The van der Waals surface area contributed by atoms with Crippen LogP contribution >= 0.6 is 0 Å². The van der Waals surface area contributed by atoms with Crippen molar-refractivity contribution in [3.8, 4) is 11.6 Å². The highest BCUT2D eigenvalue weighted by molar-refractivity contribution is 6.09. The third kappa shape index (κ3) is 4.54. The first-order chi connectivity index (χ1) is 15.6. The number of fused-ring (bicyclic) bond motifs is 1. The second kappa shape index (κ2) is 9.47. The fourth-order valence-electron chi connectivity index (χ4n) is 3.64. The standard InChI is InChI=1S/C24H26N6O2/c1-4-32-20-10-9-18-7-5-6-8-19(18)23(20)24(31)26-12-11-25-21-14-22(28-15-27-21)30-17(3)13-16(2)29-30/h5-10,13-15H,4,11-12H2,1-3H3,(H,26,31)(H,25,27,28). The van der Waals surface area contributed by atoms with Gasteiger partial charge in [0.2, 0.25) is 0 Å². The molecule has 32 heavy (non-hydrogen) atoms.